The molecule has 0 unspecified atom stereocenters. The van der Waals surface area contributed by atoms with Crippen LogP contribution in [0.2, 0.25) is 10.0 Å². The minimum Gasteiger partial charge on any atom is -0.362 e. The number of aryl methyl sites for hydroxylation is 1. The van der Waals surface area contributed by atoms with Gasteiger partial charge in [-0.25, -0.2) is 10.2 Å². The number of anilines is 2. The molecule has 0 radical (unpaired) electrons. The number of nitrogens with one attached hydrogen (secondary N) is 3. The SMILES string of the molecule is O=C(CN1CCCc2ccccc21)NNC(=O)Nc1ccc(Cl)c(Cl)c1. The van der Waals surface area contributed by atoms with E-state index in [1.54, 1.807) is 12.1 Å². The van der Waals surface area contributed by atoms with Crippen molar-refractivity contribution >= 4 is 46.5 Å². The fraction of sp³-hybridized carbons (Fsp3) is 0.222. The smallest absolute Gasteiger partial charge is 0.337 e. The van der Waals surface area contributed by atoms with E-state index in [1.807, 2.05) is 23.1 Å². The van der Waals surface area contributed by atoms with E-state index in [2.05, 4.69) is 22.2 Å². The third kappa shape index (κ3) is 4.59. The standard InChI is InChI=1S/C18H18Cl2N4O2/c19-14-8-7-13(10-15(14)20)21-18(26)23-22-17(25)11-24-9-3-5-12-4-1-2-6-16(12)24/h1-2,4,6-8,10H,3,5,9,11H2,(H,22,25)(H2,21,23,26). The number of fused-ring (bicyclic) bond motifs is 1. The second-order valence-electron chi connectivity index (χ2n) is 5.91. The van der Waals surface area contributed by atoms with Crippen LogP contribution in [0.3, 0.4) is 0 Å². The van der Waals surface area contributed by atoms with Gasteiger partial charge in [-0.3, -0.25) is 10.2 Å². The number of urea groups is 1. The summed E-state index contributed by atoms with van der Waals surface area (Å²) in [7, 11) is 0. The van der Waals surface area contributed by atoms with Crippen LogP contribution in [0.4, 0.5) is 16.2 Å². The second kappa shape index (κ2) is 8.29. The summed E-state index contributed by atoms with van der Waals surface area (Å²) >= 11 is 11.7. The summed E-state index contributed by atoms with van der Waals surface area (Å²) in [6.07, 6.45) is 2.01. The number of carbonyl (C=O) groups excluding carboxylic acids is 2. The summed E-state index contributed by atoms with van der Waals surface area (Å²) in [6, 6.07) is 12.2. The van der Waals surface area contributed by atoms with Gasteiger partial charge in [0.2, 0.25) is 0 Å². The molecule has 0 aliphatic carbocycles. The van der Waals surface area contributed by atoms with Crippen LogP contribution in [0.25, 0.3) is 0 Å². The molecule has 0 spiro atoms. The third-order valence-corrected chi connectivity index (χ3v) is 4.77. The lowest BCUT2D eigenvalue weighted by atomic mass is 10.0. The molecular weight excluding hydrogens is 375 g/mol. The molecule has 6 nitrogen and oxygen atoms in total. The van der Waals surface area contributed by atoms with Crippen molar-refractivity contribution in [3.63, 3.8) is 0 Å². The van der Waals surface area contributed by atoms with Crippen molar-refractivity contribution in [3.05, 3.63) is 58.1 Å². The van der Waals surface area contributed by atoms with Crippen LogP contribution in [0.5, 0.6) is 0 Å². The Balaban J connectivity index is 1.50. The highest BCUT2D eigenvalue weighted by Gasteiger charge is 2.18. The number of hydrogen-bond donors (Lipinski definition) is 3. The molecule has 1 aliphatic rings. The lowest BCUT2D eigenvalue weighted by molar-refractivity contribution is -0.120. The maximum Gasteiger partial charge on any atom is 0.337 e. The van der Waals surface area contributed by atoms with E-state index in [0.717, 1.165) is 25.1 Å². The predicted octanol–water partition coefficient (Wildman–Crippen LogP) is 3.60. The molecule has 0 fully saturated rings. The van der Waals surface area contributed by atoms with E-state index in [4.69, 9.17) is 23.2 Å². The number of benzene rings is 2. The average molecular weight is 393 g/mol. The maximum atomic E-state index is 12.1. The topological polar surface area (TPSA) is 73.5 Å². The van der Waals surface area contributed by atoms with Gasteiger partial charge in [-0.2, -0.15) is 0 Å². The van der Waals surface area contributed by atoms with Crippen molar-refractivity contribution in [3.8, 4) is 0 Å². The lowest BCUT2D eigenvalue weighted by Gasteiger charge is -2.30. The molecule has 0 saturated carbocycles. The Hall–Kier alpha value is -2.44. The average Bonchev–Trinajstić information content (AvgIpc) is 2.63. The number of hydrazine groups is 1. The fourth-order valence-corrected chi connectivity index (χ4v) is 3.15. The van der Waals surface area contributed by atoms with Crippen molar-refractivity contribution < 1.29 is 9.59 Å². The summed E-state index contributed by atoms with van der Waals surface area (Å²) in [4.78, 5) is 26.0. The van der Waals surface area contributed by atoms with Crippen LogP contribution in [0.15, 0.2) is 42.5 Å². The molecule has 0 bridgehead atoms. The molecule has 2 aromatic carbocycles. The first-order chi connectivity index (χ1) is 12.5. The minimum atomic E-state index is -0.573. The molecule has 3 amide bonds. The number of rotatable bonds is 3. The van der Waals surface area contributed by atoms with Crippen LogP contribution in [-0.4, -0.2) is 25.0 Å². The van der Waals surface area contributed by atoms with Crippen molar-refractivity contribution in [2.24, 2.45) is 0 Å². The van der Waals surface area contributed by atoms with Crippen LogP contribution in [0, 0.1) is 0 Å². The monoisotopic (exact) mass is 392 g/mol. The van der Waals surface area contributed by atoms with Crippen molar-refractivity contribution in [1.29, 1.82) is 0 Å². The zero-order chi connectivity index (χ0) is 18.5. The van der Waals surface area contributed by atoms with Crippen LogP contribution in [-0.2, 0) is 11.2 Å². The maximum absolute atomic E-state index is 12.1. The summed E-state index contributed by atoms with van der Waals surface area (Å²) in [6.45, 7) is 0.976. The van der Waals surface area contributed by atoms with Gasteiger partial charge in [0.05, 0.1) is 16.6 Å². The summed E-state index contributed by atoms with van der Waals surface area (Å²) in [5.41, 5.74) is 7.50. The highest BCUT2D eigenvalue weighted by atomic mass is 35.5. The number of amides is 3. The first-order valence-electron chi connectivity index (χ1n) is 8.16. The van der Waals surface area contributed by atoms with Crippen molar-refractivity contribution in [2.45, 2.75) is 12.8 Å². The number of carbonyl (C=O) groups is 2. The molecule has 136 valence electrons. The zero-order valence-corrected chi connectivity index (χ0v) is 15.4. The van der Waals surface area contributed by atoms with Gasteiger partial charge >= 0.3 is 6.03 Å². The Morgan fingerprint density at radius 1 is 1.04 bits per heavy atom. The molecule has 8 heteroatoms. The molecule has 0 saturated heterocycles. The van der Waals surface area contributed by atoms with Gasteiger partial charge < -0.3 is 10.2 Å². The number of nitrogens with zero attached hydrogens (tertiary/aromatic N) is 1. The predicted molar refractivity (Wildman–Crippen MR) is 104 cm³/mol. The summed E-state index contributed by atoms with van der Waals surface area (Å²) in [5.74, 6) is -0.300. The highest BCUT2D eigenvalue weighted by molar-refractivity contribution is 6.42. The van der Waals surface area contributed by atoms with Crippen molar-refractivity contribution in [2.75, 3.05) is 23.3 Å². The molecule has 1 heterocycles. The fourth-order valence-electron chi connectivity index (χ4n) is 2.85. The molecule has 1 aliphatic heterocycles. The lowest BCUT2D eigenvalue weighted by Crippen LogP contribution is -2.48. The second-order valence-corrected chi connectivity index (χ2v) is 6.72. The van der Waals surface area contributed by atoms with Gasteiger partial charge in [-0.05, 0) is 42.7 Å². The molecular formula is C18H18Cl2N4O2. The van der Waals surface area contributed by atoms with Gasteiger partial charge in [0.1, 0.15) is 0 Å². The van der Waals surface area contributed by atoms with Gasteiger partial charge in [0.25, 0.3) is 5.91 Å². The van der Waals surface area contributed by atoms with Gasteiger partial charge in [-0.1, -0.05) is 41.4 Å². The van der Waals surface area contributed by atoms with Gasteiger partial charge in [0.15, 0.2) is 0 Å². The Morgan fingerprint density at radius 3 is 2.65 bits per heavy atom. The largest absolute Gasteiger partial charge is 0.362 e. The first-order valence-corrected chi connectivity index (χ1v) is 8.92. The molecule has 3 N–H and O–H groups in total. The van der Waals surface area contributed by atoms with E-state index in [0.29, 0.717) is 15.7 Å². The Bertz CT molecular complexity index is 829. The summed E-state index contributed by atoms with van der Waals surface area (Å²) < 4.78 is 0. The zero-order valence-electron chi connectivity index (χ0n) is 13.9. The molecule has 26 heavy (non-hydrogen) atoms. The highest BCUT2D eigenvalue weighted by Crippen LogP contribution is 2.26. The third-order valence-electron chi connectivity index (χ3n) is 4.03. The molecule has 0 aromatic heterocycles. The Morgan fingerprint density at radius 2 is 1.85 bits per heavy atom. The Kier molecular flexibility index (Phi) is 5.85. The van der Waals surface area contributed by atoms with Gasteiger partial charge in [0, 0.05) is 17.9 Å². The molecule has 3 rings (SSSR count). The molecule has 2 aromatic rings. The Labute approximate surface area is 161 Å². The normalized spacial score (nSPS) is 12.9. The number of halogens is 2. The summed E-state index contributed by atoms with van der Waals surface area (Å²) in [5, 5.41) is 3.29. The molecule has 0 atom stereocenters. The van der Waals surface area contributed by atoms with Gasteiger partial charge in [-0.15, -0.1) is 0 Å². The quantitative estimate of drug-likeness (QED) is 0.698. The van der Waals surface area contributed by atoms with Crippen LogP contribution < -0.4 is 21.1 Å². The van der Waals surface area contributed by atoms with Crippen LogP contribution in [0.1, 0.15) is 12.0 Å². The van der Waals surface area contributed by atoms with E-state index >= 15 is 0 Å². The number of hydrogen-bond acceptors (Lipinski definition) is 3. The van der Waals surface area contributed by atoms with E-state index in [9.17, 15) is 9.59 Å². The number of para-hydroxylation sites is 1. The first kappa shape index (κ1) is 18.4. The minimum absolute atomic E-state index is 0.171. The van der Waals surface area contributed by atoms with E-state index < -0.39 is 6.03 Å². The van der Waals surface area contributed by atoms with E-state index in [-0.39, 0.29) is 12.5 Å². The van der Waals surface area contributed by atoms with Crippen molar-refractivity contribution in [1.82, 2.24) is 10.9 Å². The van der Waals surface area contributed by atoms with E-state index in [1.165, 1.54) is 11.6 Å². The van der Waals surface area contributed by atoms with Crippen LogP contribution >= 0.6 is 23.2 Å².